The van der Waals surface area contributed by atoms with E-state index in [0.717, 1.165) is 24.3 Å². The number of carbonyl (C=O) groups is 1. The van der Waals surface area contributed by atoms with E-state index in [0.29, 0.717) is 5.69 Å². The van der Waals surface area contributed by atoms with Crippen molar-refractivity contribution in [1.29, 1.82) is 0 Å². The molecule has 0 aliphatic carbocycles. The number of hydrogen-bond donors (Lipinski definition) is 1. The number of rotatable bonds is 6. The number of para-hydroxylation sites is 1. The first-order valence-corrected chi connectivity index (χ1v) is 11.5. The number of aromatic nitrogens is 1. The van der Waals surface area contributed by atoms with Crippen LogP contribution in [0.1, 0.15) is 38.4 Å². The molecule has 1 heterocycles. The van der Waals surface area contributed by atoms with Crippen LogP contribution in [0.15, 0.2) is 72.8 Å². The summed E-state index contributed by atoms with van der Waals surface area (Å²) in [5.74, 6) is -1.63. The van der Waals surface area contributed by atoms with E-state index in [2.05, 4.69) is 5.32 Å². The zero-order chi connectivity index (χ0) is 28.5. The number of halogens is 7. The Morgan fingerprint density at radius 2 is 1.49 bits per heavy atom. The lowest BCUT2D eigenvalue weighted by Crippen LogP contribution is -2.15. The molecule has 0 aliphatic rings. The van der Waals surface area contributed by atoms with Crippen LogP contribution in [0.5, 0.6) is 5.75 Å². The number of benzene rings is 3. The third kappa shape index (κ3) is 5.92. The van der Waals surface area contributed by atoms with E-state index in [9.17, 15) is 35.5 Å². The number of hydrogen-bond acceptors (Lipinski definition) is 2. The molecular formula is C28H21F7N2O2. The molecule has 11 heteroatoms. The van der Waals surface area contributed by atoms with Crippen molar-refractivity contribution in [2.24, 2.45) is 0 Å². The van der Waals surface area contributed by atoms with Gasteiger partial charge in [-0.05, 0) is 56.3 Å². The fraction of sp³-hybridized carbons (Fsp3) is 0.179. The van der Waals surface area contributed by atoms with Crippen LogP contribution in [0.2, 0.25) is 0 Å². The van der Waals surface area contributed by atoms with Crippen LogP contribution in [-0.2, 0) is 19.0 Å². The van der Waals surface area contributed by atoms with Crippen LogP contribution in [0, 0.1) is 19.7 Å². The summed E-state index contributed by atoms with van der Waals surface area (Å²) in [7, 11) is 0. The highest BCUT2D eigenvalue weighted by Crippen LogP contribution is 2.36. The Bertz CT molecular complexity index is 1520. The van der Waals surface area contributed by atoms with Gasteiger partial charge in [-0.15, -0.1) is 0 Å². The van der Waals surface area contributed by atoms with Crippen molar-refractivity contribution in [3.05, 3.63) is 112 Å². The smallest absolute Gasteiger partial charge is 0.418 e. The second kappa shape index (κ2) is 10.5. The van der Waals surface area contributed by atoms with Gasteiger partial charge in [-0.25, -0.2) is 4.39 Å². The molecule has 204 valence electrons. The molecule has 0 aliphatic heterocycles. The molecule has 0 radical (unpaired) electrons. The third-order valence-corrected chi connectivity index (χ3v) is 6.03. The van der Waals surface area contributed by atoms with E-state index in [1.54, 1.807) is 6.92 Å². The van der Waals surface area contributed by atoms with Gasteiger partial charge in [0.1, 0.15) is 18.2 Å². The number of amides is 1. The van der Waals surface area contributed by atoms with Crippen molar-refractivity contribution in [3.63, 3.8) is 0 Å². The highest BCUT2D eigenvalue weighted by Gasteiger charge is 2.35. The average Bonchev–Trinajstić information content (AvgIpc) is 3.16. The van der Waals surface area contributed by atoms with Crippen molar-refractivity contribution >= 4 is 11.6 Å². The van der Waals surface area contributed by atoms with Gasteiger partial charge in [0.15, 0.2) is 0 Å². The minimum absolute atomic E-state index is 0.0637. The van der Waals surface area contributed by atoms with Gasteiger partial charge in [-0.1, -0.05) is 24.3 Å². The van der Waals surface area contributed by atoms with Crippen molar-refractivity contribution < 1.29 is 40.3 Å². The van der Waals surface area contributed by atoms with Crippen molar-refractivity contribution in [2.75, 3.05) is 5.32 Å². The number of nitrogens with zero attached hydrogens (tertiary/aromatic N) is 1. The molecule has 0 saturated heterocycles. The third-order valence-electron chi connectivity index (χ3n) is 6.03. The van der Waals surface area contributed by atoms with Gasteiger partial charge in [0.2, 0.25) is 0 Å². The quantitative estimate of drug-likeness (QED) is 0.247. The van der Waals surface area contributed by atoms with Gasteiger partial charge in [0.05, 0.1) is 22.4 Å². The predicted molar refractivity (Wildman–Crippen MR) is 130 cm³/mol. The van der Waals surface area contributed by atoms with E-state index in [1.807, 2.05) is 0 Å². The Kier molecular flexibility index (Phi) is 7.45. The summed E-state index contributed by atoms with van der Waals surface area (Å²) in [6, 6.07) is 14.8. The fourth-order valence-corrected chi connectivity index (χ4v) is 4.26. The van der Waals surface area contributed by atoms with Crippen molar-refractivity contribution in [2.45, 2.75) is 32.8 Å². The molecule has 0 bridgehead atoms. The summed E-state index contributed by atoms with van der Waals surface area (Å²) >= 11 is 0. The van der Waals surface area contributed by atoms with Crippen LogP contribution >= 0.6 is 0 Å². The number of aryl methyl sites for hydroxylation is 1. The molecule has 39 heavy (non-hydrogen) atoms. The molecule has 0 spiro atoms. The minimum Gasteiger partial charge on any atom is -0.489 e. The van der Waals surface area contributed by atoms with Crippen LogP contribution in [0.25, 0.3) is 5.69 Å². The Balaban J connectivity index is 1.56. The number of ether oxygens (including phenoxy) is 1. The van der Waals surface area contributed by atoms with E-state index >= 15 is 0 Å². The first-order valence-electron chi connectivity index (χ1n) is 11.5. The molecule has 0 unspecified atom stereocenters. The minimum atomic E-state index is -4.77. The topological polar surface area (TPSA) is 43.3 Å². The molecule has 1 N–H and O–H groups in total. The molecule has 1 aromatic heterocycles. The number of anilines is 1. The average molecular weight is 550 g/mol. The van der Waals surface area contributed by atoms with Gasteiger partial charge in [-0.3, -0.25) is 4.79 Å². The second-order valence-electron chi connectivity index (χ2n) is 8.67. The van der Waals surface area contributed by atoms with Crippen molar-refractivity contribution in [1.82, 2.24) is 4.57 Å². The highest BCUT2D eigenvalue weighted by molar-refractivity contribution is 6.05. The van der Waals surface area contributed by atoms with Crippen LogP contribution in [0.4, 0.5) is 36.4 Å². The van der Waals surface area contributed by atoms with E-state index < -0.39 is 47.4 Å². The standard InChI is InChI=1S/C28H21F7N2O2/c1-16-13-20(17(2)37(16)25-12-4-3-9-23(25)28(33,34)35)26(38)36-18-7-5-8-19(14-18)39-15-21-22(27(30,31)32)10-6-11-24(21)29/h3-14H,15H2,1-2H3,(H,36,38). The Morgan fingerprint density at radius 3 is 2.18 bits per heavy atom. The Labute approximate surface area is 218 Å². The lowest BCUT2D eigenvalue weighted by Gasteiger charge is -2.17. The first kappa shape index (κ1) is 27.7. The van der Waals surface area contributed by atoms with E-state index in [-0.39, 0.29) is 28.4 Å². The molecular weight excluding hydrogens is 529 g/mol. The predicted octanol–water partition coefficient (Wildman–Crippen LogP) is 8.10. The van der Waals surface area contributed by atoms with Gasteiger partial charge in [0.25, 0.3) is 5.91 Å². The van der Waals surface area contributed by atoms with Gasteiger partial charge < -0.3 is 14.6 Å². The zero-order valence-corrected chi connectivity index (χ0v) is 20.5. The largest absolute Gasteiger partial charge is 0.489 e. The summed E-state index contributed by atoms with van der Waals surface area (Å²) < 4.78 is 101. The maximum atomic E-state index is 14.1. The van der Waals surface area contributed by atoms with Crippen LogP contribution < -0.4 is 10.1 Å². The molecule has 0 saturated carbocycles. The lowest BCUT2D eigenvalue weighted by molar-refractivity contribution is -0.139. The van der Waals surface area contributed by atoms with Crippen LogP contribution in [-0.4, -0.2) is 10.5 Å². The Hall–Kier alpha value is -4.28. The van der Waals surface area contributed by atoms with E-state index in [4.69, 9.17) is 4.74 Å². The first-order chi connectivity index (χ1) is 18.3. The van der Waals surface area contributed by atoms with E-state index in [1.165, 1.54) is 60.0 Å². The summed E-state index contributed by atoms with van der Waals surface area (Å²) in [4.78, 5) is 13.0. The molecule has 3 aromatic carbocycles. The summed E-state index contributed by atoms with van der Waals surface area (Å²) in [6.45, 7) is 2.38. The second-order valence-corrected chi connectivity index (χ2v) is 8.67. The highest BCUT2D eigenvalue weighted by atomic mass is 19.4. The lowest BCUT2D eigenvalue weighted by atomic mass is 10.1. The zero-order valence-electron chi connectivity index (χ0n) is 20.5. The number of nitrogens with one attached hydrogen (secondary N) is 1. The molecule has 4 rings (SSSR count). The summed E-state index contributed by atoms with van der Waals surface area (Å²) in [5, 5.41) is 2.61. The van der Waals surface area contributed by atoms with Crippen LogP contribution in [0.3, 0.4) is 0 Å². The fourth-order valence-electron chi connectivity index (χ4n) is 4.26. The monoisotopic (exact) mass is 550 g/mol. The van der Waals surface area contributed by atoms with Gasteiger partial charge in [-0.2, -0.15) is 26.3 Å². The number of carbonyl (C=O) groups excluding carboxylic acids is 1. The maximum Gasteiger partial charge on any atom is 0.418 e. The maximum absolute atomic E-state index is 14.1. The normalized spacial score (nSPS) is 11.9. The summed E-state index contributed by atoms with van der Waals surface area (Å²) in [6.07, 6.45) is -9.38. The molecule has 4 nitrogen and oxygen atoms in total. The van der Waals surface area contributed by atoms with Gasteiger partial charge >= 0.3 is 12.4 Å². The summed E-state index contributed by atoms with van der Waals surface area (Å²) in [5.41, 5.74) is -1.79. The molecule has 0 fully saturated rings. The molecule has 0 atom stereocenters. The van der Waals surface area contributed by atoms with Crippen molar-refractivity contribution in [3.8, 4) is 11.4 Å². The Morgan fingerprint density at radius 1 is 0.846 bits per heavy atom. The number of alkyl halides is 6. The molecule has 1 amide bonds. The SMILES string of the molecule is Cc1cc(C(=O)Nc2cccc(OCc3c(F)cccc3C(F)(F)F)c2)c(C)n1-c1ccccc1C(F)(F)F. The van der Waals surface area contributed by atoms with Gasteiger partial charge in [0, 0.05) is 28.7 Å². The molecule has 4 aromatic rings.